The Hall–Kier alpha value is -1.67. The molecule has 13 heteroatoms. The van der Waals surface area contributed by atoms with Gasteiger partial charge in [-0.25, -0.2) is 4.79 Å². The highest BCUT2D eigenvalue weighted by molar-refractivity contribution is 8.01. The molecule has 1 saturated heterocycles. The number of β-lactam (4-membered cyclic amide) rings is 1. The zero-order valence-electron chi connectivity index (χ0n) is 13.4. The van der Waals surface area contributed by atoms with E-state index in [1.807, 2.05) is 0 Å². The van der Waals surface area contributed by atoms with E-state index in [1.54, 1.807) is 0 Å². The largest absolute Gasteiger partial charge is 0.477 e. The van der Waals surface area contributed by atoms with Crippen LogP contribution >= 0.6 is 23.5 Å². The average Bonchev–Trinajstić information content (AvgIpc) is 3.05. The molecule has 0 aromatic carbocycles. The summed E-state index contributed by atoms with van der Waals surface area (Å²) in [5, 5.41) is 20.7. The Morgan fingerprint density at radius 2 is 2.32 bits per heavy atom. The molecule has 3 rings (SSSR count). The molecule has 2 atom stereocenters. The summed E-state index contributed by atoms with van der Waals surface area (Å²) in [6, 6.07) is 0. The molecule has 2 aliphatic heterocycles. The SMILES string of the molecule is COCn1nnnc1SCC1=C(C(=O)O)N2C(=O)[C@](N)(OC)[C@@H]2SC1. The number of carbonyl (C=O) groups is 2. The van der Waals surface area contributed by atoms with Crippen LogP contribution in [0.4, 0.5) is 0 Å². The number of amides is 1. The lowest BCUT2D eigenvalue weighted by atomic mass is 10.00. The summed E-state index contributed by atoms with van der Waals surface area (Å²) in [5.41, 5.74) is 4.98. The Bertz CT molecular complexity index is 739. The number of tetrazole rings is 1. The fourth-order valence-corrected chi connectivity index (χ4v) is 4.97. The van der Waals surface area contributed by atoms with Gasteiger partial charge in [-0.2, -0.15) is 4.68 Å². The van der Waals surface area contributed by atoms with Crippen molar-refractivity contribution < 1.29 is 24.2 Å². The number of thioether (sulfide) groups is 2. The van der Waals surface area contributed by atoms with Gasteiger partial charge in [-0.05, 0) is 16.0 Å². The summed E-state index contributed by atoms with van der Waals surface area (Å²) in [6.07, 6.45) is 0. The van der Waals surface area contributed by atoms with E-state index in [0.717, 1.165) is 0 Å². The Balaban J connectivity index is 1.81. The molecule has 1 fully saturated rings. The first-order valence-electron chi connectivity index (χ1n) is 7.06. The minimum atomic E-state index is -1.48. The predicted octanol–water partition coefficient (Wildman–Crippen LogP) is -1.08. The van der Waals surface area contributed by atoms with E-state index in [0.29, 0.717) is 22.2 Å². The van der Waals surface area contributed by atoms with Gasteiger partial charge in [0.15, 0.2) is 0 Å². The number of ether oxygens (including phenoxy) is 2. The van der Waals surface area contributed by atoms with Gasteiger partial charge in [0.25, 0.3) is 5.91 Å². The van der Waals surface area contributed by atoms with Crippen molar-refractivity contribution in [3.05, 3.63) is 11.3 Å². The molecule has 0 saturated carbocycles. The molecule has 1 amide bonds. The van der Waals surface area contributed by atoms with E-state index in [4.69, 9.17) is 15.2 Å². The lowest BCUT2D eigenvalue weighted by molar-refractivity contribution is -0.182. The quantitative estimate of drug-likeness (QED) is 0.334. The zero-order chi connectivity index (χ0) is 18.2. The average molecular weight is 388 g/mol. The number of fused-ring (bicyclic) bond motifs is 1. The Morgan fingerprint density at radius 3 is 2.96 bits per heavy atom. The van der Waals surface area contributed by atoms with Crippen molar-refractivity contribution in [2.75, 3.05) is 25.7 Å². The second-order valence-electron chi connectivity index (χ2n) is 5.26. The number of aromatic nitrogens is 4. The molecular formula is C12H16N6O5S2. The standard InChI is InChI=1S/C12H16N6O5S2/c1-22-5-17-11(14-15-16-17)25-4-6-3-24-10-12(13,23-2)9(21)18(10)7(6)8(19)20/h10H,3-5,13H2,1-2H3,(H,19,20)/t10-,12-/m0/s1. The van der Waals surface area contributed by atoms with Crippen LogP contribution in [0, 0.1) is 0 Å². The van der Waals surface area contributed by atoms with Gasteiger partial charge < -0.3 is 14.6 Å². The van der Waals surface area contributed by atoms with Crippen molar-refractivity contribution in [1.82, 2.24) is 25.1 Å². The van der Waals surface area contributed by atoms with Crippen LogP contribution < -0.4 is 5.73 Å². The Kier molecular flexibility index (Phi) is 5.02. The Labute approximate surface area is 150 Å². The fourth-order valence-electron chi connectivity index (χ4n) is 2.57. The molecule has 11 nitrogen and oxygen atoms in total. The van der Waals surface area contributed by atoms with Crippen LogP contribution in [0.25, 0.3) is 0 Å². The van der Waals surface area contributed by atoms with Gasteiger partial charge in [-0.3, -0.25) is 15.4 Å². The molecule has 3 N–H and O–H groups in total. The summed E-state index contributed by atoms with van der Waals surface area (Å²) < 4.78 is 11.5. The molecule has 0 radical (unpaired) electrons. The number of carboxylic acids is 1. The second-order valence-corrected chi connectivity index (χ2v) is 7.27. The van der Waals surface area contributed by atoms with E-state index in [2.05, 4.69) is 15.5 Å². The van der Waals surface area contributed by atoms with Gasteiger partial charge in [-0.15, -0.1) is 16.9 Å². The zero-order valence-corrected chi connectivity index (χ0v) is 15.0. The van der Waals surface area contributed by atoms with E-state index in [1.165, 1.54) is 47.3 Å². The number of carboxylic acid groups (broad SMARTS) is 1. The number of hydrogen-bond donors (Lipinski definition) is 2. The molecule has 25 heavy (non-hydrogen) atoms. The third kappa shape index (κ3) is 2.91. The summed E-state index contributed by atoms with van der Waals surface area (Å²) in [7, 11) is 2.85. The second kappa shape index (κ2) is 6.92. The molecule has 1 aromatic heterocycles. The first kappa shape index (κ1) is 18.1. The van der Waals surface area contributed by atoms with Crippen LogP contribution in [0.5, 0.6) is 0 Å². The molecule has 0 aliphatic carbocycles. The van der Waals surface area contributed by atoms with Crippen molar-refractivity contribution in [2.24, 2.45) is 5.73 Å². The number of hydrogen-bond acceptors (Lipinski definition) is 10. The van der Waals surface area contributed by atoms with Gasteiger partial charge in [0.05, 0.1) is 0 Å². The first-order chi connectivity index (χ1) is 11.9. The molecular weight excluding hydrogens is 372 g/mol. The normalized spacial score (nSPS) is 25.8. The van der Waals surface area contributed by atoms with Crippen molar-refractivity contribution >= 4 is 35.4 Å². The highest BCUT2D eigenvalue weighted by atomic mass is 32.2. The van der Waals surface area contributed by atoms with Crippen LogP contribution in [0.2, 0.25) is 0 Å². The van der Waals surface area contributed by atoms with Gasteiger partial charge in [-0.1, -0.05) is 11.8 Å². The third-order valence-corrected chi connectivity index (χ3v) is 6.25. The molecule has 3 heterocycles. The lowest BCUT2D eigenvalue weighted by Gasteiger charge is -2.54. The van der Waals surface area contributed by atoms with Gasteiger partial charge >= 0.3 is 5.97 Å². The monoisotopic (exact) mass is 388 g/mol. The molecule has 136 valence electrons. The van der Waals surface area contributed by atoms with Gasteiger partial charge in [0.1, 0.15) is 17.8 Å². The minimum Gasteiger partial charge on any atom is -0.477 e. The van der Waals surface area contributed by atoms with Crippen LogP contribution in [0.3, 0.4) is 0 Å². The van der Waals surface area contributed by atoms with E-state index in [9.17, 15) is 14.7 Å². The topological polar surface area (TPSA) is 146 Å². The molecule has 0 bridgehead atoms. The van der Waals surface area contributed by atoms with Crippen molar-refractivity contribution in [3.63, 3.8) is 0 Å². The number of carbonyl (C=O) groups excluding carboxylic acids is 1. The molecule has 1 aromatic rings. The summed E-state index contributed by atoms with van der Waals surface area (Å²) >= 11 is 2.63. The lowest BCUT2D eigenvalue weighted by Crippen LogP contribution is -2.78. The Morgan fingerprint density at radius 1 is 1.56 bits per heavy atom. The maximum Gasteiger partial charge on any atom is 0.352 e. The van der Waals surface area contributed by atoms with Crippen LogP contribution in [0.15, 0.2) is 16.4 Å². The number of aliphatic carboxylic acids is 1. The third-order valence-electron chi connectivity index (χ3n) is 3.81. The number of rotatable bonds is 7. The molecule has 2 aliphatic rings. The number of nitrogens with two attached hydrogens (primary N) is 1. The summed E-state index contributed by atoms with van der Waals surface area (Å²) in [4.78, 5) is 25.2. The van der Waals surface area contributed by atoms with Crippen molar-refractivity contribution in [3.8, 4) is 0 Å². The number of methoxy groups -OCH3 is 2. The fraction of sp³-hybridized carbons (Fsp3) is 0.583. The van der Waals surface area contributed by atoms with E-state index >= 15 is 0 Å². The highest BCUT2D eigenvalue weighted by Crippen LogP contribution is 2.45. The van der Waals surface area contributed by atoms with Crippen LogP contribution in [-0.2, 0) is 25.8 Å². The van der Waals surface area contributed by atoms with Gasteiger partial charge in [0, 0.05) is 25.7 Å². The summed E-state index contributed by atoms with van der Waals surface area (Å²) in [6.45, 7) is 0.186. The highest BCUT2D eigenvalue weighted by Gasteiger charge is 2.63. The minimum absolute atomic E-state index is 0.0508. The van der Waals surface area contributed by atoms with E-state index in [-0.39, 0.29) is 12.4 Å². The smallest absolute Gasteiger partial charge is 0.352 e. The number of nitrogens with zero attached hydrogens (tertiary/aromatic N) is 5. The molecule has 0 unspecified atom stereocenters. The predicted molar refractivity (Wildman–Crippen MR) is 87.2 cm³/mol. The van der Waals surface area contributed by atoms with Crippen molar-refractivity contribution in [1.29, 1.82) is 0 Å². The van der Waals surface area contributed by atoms with Crippen LogP contribution in [0.1, 0.15) is 0 Å². The van der Waals surface area contributed by atoms with Crippen molar-refractivity contribution in [2.45, 2.75) is 23.0 Å². The molecule has 0 spiro atoms. The maximum atomic E-state index is 12.3. The van der Waals surface area contributed by atoms with Gasteiger partial charge in [0.2, 0.25) is 10.9 Å². The van der Waals surface area contributed by atoms with E-state index < -0.39 is 23.0 Å². The first-order valence-corrected chi connectivity index (χ1v) is 9.10. The maximum absolute atomic E-state index is 12.3. The summed E-state index contributed by atoms with van der Waals surface area (Å²) in [5.74, 6) is -1.00. The van der Waals surface area contributed by atoms with Crippen LogP contribution in [-0.4, -0.2) is 78.9 Å².